The Morgan fingerprint density at radius 3 is 2.74 bits per heavy atom. The number of amides is 1. The number of benzene rings is 1. The fourth-order valence-electron chi connectivity index (χ4n) is 2.76. The molecular weight excluding hydrogens is 365 g/mol. The fraction of sp³-hybridized carbons (Fsp3) is 0.500. The lowest BCUT2D eigenvalue weighted by molar-refractivity contribution is 0.0281. The van der Waals surface area contributed by atoms with Gasteiger partial charge in [0, 0.05) is 11.9 Å². The van der Waals surface area contributed by atoms with E-state index in [-0.39, 0.29) is 13.1 Å². The highest BCUT2D eigenvalue weighted by molar-refractivity contribution is 9.10. The number of aromatic nitrogens is 2. The SMILES string of the molecule is CC(C)(C)OC(=O)N1C[C@@H](F)[C@@H](n2nc(Br)c3ccccc32)C1. The highest BCUT2D eigenvalue weighted by atomic mass is 79.9. The topological polar surface area (TPSA) is 47.4 Å². The molecule has 2 atom stereocenters. The maximum atomic E-state index is 14.5. The summed E-state index contributed by atoms with van der Waals surface area (Å²) in [7, 11) is 0. The molecule has 23 heavy (non-hydrogen) atoms. The summed E-state index contributed by atoms with van der Waals surface area (Å²) in [6.45, 7) is 5.65. The number of hydrogen-bond acceptors (Lipinski definition) is 3. The molecule has 124 valence electrons. The van der Waals surface area contributed by atoms with Crippen LogP contribution in [0.1, 0.15) is 26.8 Å². The van der Waals surface area contributed by atoms with E-state index in [2.05, 4.69) is 21.0 Å². The number of carbonyl (C=O) groups is 1. The first-order valence-electron chi connectivity index (χ1n) is 7.51. The minimum absolute atomic E-state index is 0.0192. The molecule has 1 aromatic carbocycles. The molecular formula is C16H19BrFN3O2. The van der Waals surface area contributed by atoms with Crippen LogP contribution in [0.4, 0.5) is 9.18 Å². The van der Waals surface area contributed by atoms with Gasteiger partial charge in [0.05, 0.1) is 12.1 Å². The molecule has 7 heteroatoms. The zero-order valence-corrected chi connectivity index (χ0v) is 14.9. The third-order valence-electron chi connectivity index (χ3n) is 3.75. The molecule has 0 aliphatic carbocycles. The third-order valence-corrected chi connectivity index (χ3v) is 4.34. The van der Waals surface area contributed by atoms with Crippen molar-refractivity contribution in [3.05, 3.63) is 28.9 Å². The smallest absolute Gasteiger partial charge is 0.410 e. The molecule has 1 amide bonds. The Morgan fingerprint density at radius 1 is 1.35 bits per heavy atom. The van der Waals surface area contributed by atoms with Crippen molar-refractivity contribution in [1.29, 1.82) is 0 Å². The number of likely N-dealkylation sites (tertiary alicyclic amines) is 1. The first kappa shape index (κ1) is 16.2. The monoisotopic (exact) mass is 383 g/mol. The molecule has 0 bridgehead atoms. The van der Waals surface area contributed by atoms with E-state index in [0.29, 0.717) is 4.60 Å². The minimum atomic E-state index is -1.18. The number of para-hydroxylation sites is 1. The van der Waals surface area contributed by atoms with Crippen LogP contribution in [-0.4, -0.2) is 45.6 Å². The van der Waals surface area contributed by atoms with Crippen molar-refractivity contribution in [2.24, 2.45) is 0 Å². The van der Waals surface area contributed by atoms with E-state index in [1.165, 1.54) is 4.90 Å². The second-order valence-electron chi connectivity index (χ2n) is 6.72. The Morgan fingerprint density at radius 2 is 2.04 bits per heavy atom. The molecule has 1 fully saturated rings. The summed E-state index contributed by atoms with van der Waals surface area (Å²) >= 11 is 3.41. The van der Waals surface area contributed by atoms with Gasteiger partial charge < -0.3 is 9.64 Å². The van der Waals surface area contributed by atoms with Crippen LogP contribution in [0.2, 0.25) is 0 Å². The number of alkyl halides is 1. The van der Waals surface area contributed by atoms with Gasteiger partial charge in [-0.25, -0.2) is 9.18 Å². The second kappa shape index (κ2) is 5.78. The van der Waals surface area contributed by atoms with Gasteiger partial charge in [0.1, 0.15) is 22.4 Å². The summed E-state index contributed by atoms with van der Waals surface area (Å²) in [5.41, 5.74) is 0.251. The van der Waals surface area contributed by atoms with Crippen LogP contribution in [0.5, 0.6) is 0 Å². The van der Waals surface area contributed by atoms with E-state index in [0.717, 1.165) is 10.9 Å². The predicted molar refractivity (Wildman–Crippen MR) is 89.2 cm³/mol. The van der Waals surface area contributed by atoms with E-state index in [9.17, 15) is 9.18 Å². The molecule has 1 aliphatic heterocycles. The molecule has 0 N–H and O–H groups in total. The Hall–Kier alpha value is -1.63. The number of halogens is 2. The van der Waals surface area contributed by atoms with E-state index >= 15 is 0 Å². The summed E-state index contributed by atoms with van der Waals surface area (Å²) in [5, 5.41) is 5.33. The van der Waals surface area contributed by atoms with Crippen molar-refractivity contribution in [2.45, 2.75) is 38.6 Å². The van der Waals surface area contributed by atoms with Gasteiger partial charge in [-0.2, -0.15) is 5.10 Å². The highest BCUT2D eigenvalue weighted by Gasteiger charge is 2.39. The van der Waals surface area contributed by atoms with Crippen LogP contribution in [0, 0.1) is 0 Å². The molecule has 0 unspecified atom stereocenters. The average molecular weight is 384 g/mol. The molecule has 1 saturated heterocycles. The Kier molecular flexibility index (Phi) is 4.08. The van der Waals surface area contributed by atoms with Crippen LogP contribution >= 0.6 is 15.9 Å². The van der Waals surface area contributed by atoms with Gasteiger partial charge >= 0.3 is 6.09 Å². The predicted octanol–water partition coefficient (Wildman–Crippen LogP) is 3.93. The molecule has 5 nitrogen and oxygen atoms in total. The van der Waals surface area contributed by atoms with E-state index in [1.807, 2.05) is 24.3 Å². The van der Waals surface area contributed by atoms with Gasteiger partial charge in [0.2, 0.25) is 0 Å². The summed E-state index contributed by atoms with van der Waals surface area (Å²) in [5.74, 6) is 0. The molecule has 3 rings (SSSR count). The maximum Gasteiger partial charge on any atom is 0.410 e. The standard InChI is InChI=1S/C16H19BrFN3O2/c1-16(2,3)23-15(22)20-8-11(18)13(9-20)21-12-7-5-4-6-10(12)14(17)19-21/h4-7,11,13H,8-9H2,1-3H3/t11-,13+/m1/s1. The summed E-state index contributed by atoms with van der Waals surface area (Å²) in [6, 6.07) is 7.11. The van der Waals surface area contributed by atoms with Gasteiger partial charge in [0.25, 0.3) is 0 Å². The molecule has 0 radical (unpaired) electrons. The number of hydrogen-bond donors (Lipinski definition) is 0. The Labute approximate surface area is 142 Å². The van der Waals surface area contributed by atoms with Crippen molar-refractivity contribution in [2.75, 3.05) is 13.1 Å². The summed E-state index contributed by atoms with van der Waals surface area (Å²) < 4.78 is 22.2. The van der Waals surface area contributed by atoms with Crippen molar-refractivity contribution in [3.8, 4) is 0 Å². The largest absolute Gasteiger partial charge is 0.444 e. The summed E-state index contributed by atoms with van der Waals surface area (Å²) in [6.07, 6.45) is -1.67. The first-order valence-corrected chi connectivity index (χ1v) is 8.30. The molecule has 0 spiro atoms. The number of rotatable bonds is 1. The summed E-state index contributed by atoms with van der Waals surface area (Å²) in [4.78, 5) is 13.6. The molecule has 1 aromatic heterocycles. The minimum Gasteiger partial charge on any atom is -0.444 e. The van der Waals surface area contributed by atoms with Crippen molar-refractivity contribution < 1.29 is 13.9 Å². The fourth-order valence-corrected chi connectivity index (χ4v) is 3.26. The van der Waals surface area contributed by atoms with Crippen LogP contribution in [0.3, 0.4) is 0 Å². The van der Waals surface area contributed by atoms with Crippen LogP contribution in [0.15, 0.2) is 28.9 Å². The second-order valence-corrected chi connectivity index (χ2v) is 7.47. The molecule has 1 aliphatic rings. The first-order chi connectivity index (χ1) is 10.8. The normalized spacial score (nSPS) is 21.9. The molecule has 0 saturated carbocycles. The van der Waals surface area contributed by atoms with Gasteiger partial charge in [-0.1, -0.05) is 18.2 Å². The van der Waals surface area contributed by atoms with Crippen LogP contribution < -0.4 is 0 Å². The zero-order valence-electron chi connectivity index (χ0n) is 13.3. The Bertz CT molecular complexity index is 740. The number of carbonyl (C=O) groups excluding carboxylic acids is 1. The number of nitrogens with zero attached hydrogens (tertiary/aromatic N) is 3. The van der Waals surface area contributed by atoms with E-state index in [1.54, 1.807) is 25.5 Å². The van der Waals surface area contributed by atoms with Gasteiger partial charge in [-0.3, -0.25) is 4.68 Å². The average Bonchev–Trinajstić information content (AvgIpc) is 2.99. The lowest BCUT2D eigenvalue weighted by Crippen LogP contribution is -2.35. The highest BCUT2D eigenvalue weighted by Crippen LogP contribution is 2.31. The van der Waals surface area contributed by atoms with E-state index < -0.39 is 23.9 Å². The van der Waals surface area contributed by atoms with E-state index in [4.69, 9.17) is 4.74 Å². The lowest BCUT2D eigenvalue weighted by atomic mass is 10.2. The maximum absolute atomic E-state index is 14.5. The van der Waals surface area contributed by atoms with Gasteiger partial charge in [0.15, 0.2) is 0 Å². The number of fused-ring (bicyclic) bond motifs is 1. The van der Waals surface area contributed by atoms with Crippen molar-refractivity contribution in [1.82, 2.24) is 14.7 Å². The van der Waals surface area contributed by atoms with Crippen molar-refractivity contribution in [3.63, 3.8) is 0 Å². The van der Waals surface area contributed by atoms with Crippen LogP contribution in [0.25, 0.3) is 10.9 Å². The lowest BCUT2D eigenvalue weighted by Gasteiger charge is -2.24. The van der Waals surface area contributed by atoms with Crippen LogP contribution in [-0.2, 0) is 4.74 Å². The molecule has 2 aromatic rings. The third kappa shape index (κ3) is 3.20. The zero-order chi connectivity index (χ0) is 16.8. The van der Waals surface area contributed by atoms with Gasteiger partial charge in [-0.15, -0.1) is 0 Å². The number of ether oxygens (including phenoxy) is 1. The quantitative estimate of drug-likeness (QED) is 0.749. The van der Waals surface area contributed by atoms with Gasteiger partial charge in [-0.05, 0) is 42.8 Å². The van der Waals surface area contributed by atoms with Crippen molar-refractivity contribution >= 4 is 32.9 Å². The Balaban J connectivity index is 1.85. The molecule has 2 heterocycles.